The summed E-state index contributed by atoms with van der Waals surface area (Å²) in [6.07, 6.45) is 12.2. The number of carbonyl (C=O) groups is 1. The number of allylic oxidation sites excluding steroid dienone is 1. The second-order valence-electron chi connectivity index (χ2n) is 3.87. The molecule has 0 aromatic rings. The molecule has 1 N–H and O–H groups in total. The van der Waals surface area contributed by atoms with Crippen molar-refractivity contribution in [1.82, 2.24) is 0 Å². The summed E-state index contributed by atoms with van der Waals surface area (Å²) in [7, 11) is 1.43. The van der Waals surface area contributed by atoms with Crippen LogP contribution in [0.15, 0.2) is 12.2 Å². The highest BCUT2D eigenvalue weighted by atomic mass is 16.5. The van der Waals surface area contributed by atoms with E-state index in [1.54, 1.807) is 0 Å². The molecule has 0 atom stereocenters. The number of aliphatic hydroxyl groups excluding tert-OH is 1. The molecule has 16 heavy (non-hydrogen) atoms. The Hall–Kier alpha value is -0.830. The number of aliphatic hydroxyl groups is 1. The third-order valence-corrected chi connectivity index (χ3v) is 2.44. The summed E-state index contributed by atoms with van der Waals surface area (Å²) < 4.78 is 4.56. The number of rotatable bonds is 10. The fourth-order valence-electron chi connectivity index (χ4n) is 1.47. The van der Waals surface area contributed by atoms with Crippen molar-refractivity contribution in [3.63, 3.8) is 0 Å². The highest BCUT2D eigenvalue weighted by molar-refractivity contribution is 5.68. The van der Waals surface area contributed by atoms with Gasteiger partial charge in [-0.2, -0.15) is 0 Å². The number of hydrogen-bond acceptors (Lipinski definition) is 3. The van der Waals surface area contributed by atoms with E-state index in [-0.39, 0.29) is 12.6 Å². The number of methoxy groups -OCH3 is 1. The Kier molecular flexibility index (Phi) is 11.6. The average molecular weight is 228 g/mol. The largest absolute Gasteiger partial charge is 0.469 e. The first-order chi connectivity index (χ1) is 7.81. The standard InChI is InChI=1S/C13H24O3/c1-16-13(15)11-9-7-5-3-2-4-6-8-10-12-14/h6,8,14H,2-5,7,9-12H2,1H3. The molecular formula is C13H24O3. The van der Waals surface area contributed by atoms with Crippen LogP contribution in [0.4, 0.5) is 0 Å². The van der Waals surface area contributed by atoms with E-state index < -0.39 is 0 Å². The van der Waals surface area contributed by atoms with E-state index in [4.69, 9.17) is 5.11 Å². The third-order valence-electron chi connectivity index (χ3n) is 2.44. The highest BCUT2D eigenvalue weighted by Crippen LogP contribution is 2.08. The summed E-state index contributed by atoms with van der Waals surface area (Å²) in [4.78, 5) is 10.8. The topological polar surface area (TPSA) is 46.5 Å². The molecule has 0 aromatic carbocycles. The molecule has 0 aliphatic carbocycles. The minimum Gasteiger partial charge on any atom is -0.469 e. The molecule has 3 nitrogen and oxygen atoms in total. The summed E-state index contributed by atoms with van der Waals surface area (Å²) in [6.45, 7) is 0.240. The lowest BCUT2D eigenvalue weighted by atomic mass is 10.1. The molecule has 0 bridgehead atoms. The summed E-state index contributed by atoms with van der Waals surface area (Å²) in [6, 6.07) is 0. The number of hydrogen-bond donors (Lipinski definition) is 1. The van der Waals surface area contributed by atoms with Crippen molar-refractivity contribution in [2.75, 3.05) is 13.7 Å². The highest BCUT2D eigenvalue weighted by Gasteiger charge is 1.98. The second kappa shape index (κ2) is 12.2. The smallest absolute Gasteiger partial charge is 0.305 e. The molecule has 0 amide bonds. The molecule has 0 aromatic heterocycles. The second-order valence-corrected chi connectivity index (χ2v) is 3.87. The molecule has 94 valence electrons. The van der Waals surface area contributed by atoms with Crippen molar-refractivity contribution < 1.29 is 14.6 Å². The molecule has 0 saturated heterocycles. The average Bonchev–Trinajstić information content (AvgIpc) is 2.31. The van der Waals surface area contributed by atoms with E-state index in [1.165, 1.54) is 26.4 Å². The molecule has 0 saturated carbocycles. The van der Waals surface area contributed by atoms with Crippen LogP contribution >= 0.6 is 0 Å². The van der Waals surface area contributed by atoms with Crippen LogP contribution in [0.3, 0.4) is 0 Å². The maximum atomic E-state index is 10.8. The van der Waals surface area contributed by atoms with Gasteiger partial charge in [0, 0.05) is 13.0 Å². The van der Waals surface area contributed by atoms with E-state index in [2.05, 4.69) is 10.8 Å². The lowest BCUT2D eigenvalue weighted by Crippen LogP contribution is -1.98. The van der Waals surface area contributed by atoms with Crippen molar-refractivity contribution in [1.29, 1.82) is 0 Å². The summed E-state index contributed by atoms with van der Waals surface area (Å²) >= 11 is 0. The quantitative estimate of drug-likeness (QED) is 0.355. The SMILES string of the molecule is COC(=O)CCCCCCCC=CCCO. The van der Waals surface area contributed by atoms with Crippen molar-refractivity contribution >= 4 is 5.97 Å². The zero-order valence-electron chi connectivity index (χ0n) is 10.3. The fraction of sp³-hybridized carbons (Fsp3) is 0.769. The number of carbonyl (C=O) groups excluding carboxylic acids is 1. The molecule has 0 radical (unpaired) electrons. The minimum atomic E-state index is -0.105. The third kappa shape index (κ3) is 11.2. The predicted molar refractivity (Wildman–Crippen MR) is 65.2 cm³/mol. The van der Waals surface area contributed by atoms with Gasteiger partial charge in [-0.3, -0.25) is 4.79 Å². The lowest BCUT2D eigenvalue weighted by Gasteiger charge is -1.99. The molecule has 0 spiro atoms. The molecule has 0 unspecified atom stereocenters. The monoisotopic (exact) mass is 228 g/mol. The molecule has 0 rings (SSSR count). The van der Waals surface area contributed by atoms with Crippen LogP contribution in [0.5, 0.6) is 0 Å². The van der Waals surface area contributed by atoms with Gasteiger partial charge in [-0.05, 0) is 25.7 Å². The van der Waals surface area contributed by atoms with Crippen molar-refractivity contribution in [3.8, 4) is 0 Å². The van der Waals surface area contributed by atoms with E-state index in [1.807, 2.05) is 6.08 Å². The van der Waals surface area contributed by atoms with Gasteiger partial charge < -0.3 is 9.84 Å². The van der Waals surface area contributed by atoms with Gasteiger partial charge in [0.15, 0.2) is 0 Å². The van der Waals surface area contributed by atoms with E-state index >= 15 is 0 Å². The van der Waals surface area contributed by atoms with Crippen LogP contribution in [0.1, 0.15) is 51.4 Å². The Labute approximate surface area is 98.5 Å². The van der Waals surface area contributed by atoms with E-state index in [0.717, 1.165) is 25.7 Å². The Bertz CT molecular complexity index is 188. The number of ether oxygens (including phenoxy) is 1. The molecule has 0 heterocycles. The van der Waals surface area contributed by atoms with Crippen LogP contribution in [-0.4, -0.2) is 24.8 Å². The first-order valence-electron chi connectivity index (χ1n) is 6.14. The van der Waals surface area contributed by atoms with Gasteiger partial charge in [0.2, 0.25) is 0 Å². The maximum Gasteiger partial charge on any atom is 0.305 e. The normalized spacial score (nSPS) is 10.9. The predicted octanol–water partition coefficient (Wildman–Crippen LogP) is 2.83. The van der Waals surface area contributed by atoms with Crippen LogP contribution in [-0.2, 0) is 9.53 Å². The zero-order chi connectivity index (χ0) is 12.1. The Morgan fingerprint density at radius 2 is 1.69 bits per heavy atom. The Morgan fingerprint density at radius 1 is 1.06 bits per heavy atom. The van der Waals surface area contributed by atoms with E-state index in [0.29, 0.717) is 6.42 Å². The lowest BCUT2D eigenvalue weighted by molar-refractivity contribution is -0.140. The Morgan fingerprint density at radius 3 is 2.38 bits per heavy atom. The minimum absolute atomic E-state index is 0.105. The van der Waals surface area contributed by atoms with Crippen LogP contribution in [0, 0.1) is 0 Å². The van der Waals surface area contributed by atoms with Gasteiger partial charge in [0.1, 0.15) is 0 Å². The van der Waals surface area contributed by atoms with Crippen molar-refractivity contribution in [2.24, 2.45) is 0 Å². The summed E-state index contributed by atoms with van der Waals surface area (Å²) in [5.74, 6) is -0.105. The van der Waals surface area contributed by atoms with Gasteiger partial charge in [0.05, 0.1) is 7.11 Å². The molecule has 0 aliphatic heterocycles. The van der Waals surface area contributed by atoms with Crippen LogP contribution in [0.25, 0.3) is 0 Å². The maximum absolute atomic E-state index is 10.8. The van der Waals surface area contributed by atoms with Gasteiger partial charge in [-0.25, -0.2) is 0 Å². The molecule has 0 aliphatic rings. The van der Waals surface area contributed by atoms with E-state index in [9.17, 15) is 4.79 Å². The number of unbranched alkanes of at least 4 members (excludes halogenated alkanes) is 5. The van der Waals surface area contributed by atoms with Crippen molar-refractivity contribution in [2.45, 2.75) is 51.4 Å². The first kappa shape index (κ1) is 15.2. The molecular weight excluding hydrogens is 204 g/mol. The van der Waals surface area contributed by atoms with Gasteiger partial charge in [-0.1, -0.05) is 31.4 Å². The fourth-order valence-corrected chi connectivity index (χ4v) is 1.47. The number of esters is 1. The van der Waals surface area contributed by atoms with Gasteiger partial charge >= 0.3 is 5.97 Å². The van der Waals surface area contributed by atoms with Crippen LogP contribution in [0.2, 0.25) is 0 Å². The summed E-state index contributed by atoms with van der Waals surface area (Å²) in [5, 5.41) is 8.54. The van der Waals surface area contributed by atoms with Gasteiger partial charge in [-0.15, -0.1) is 0 Å². The summed E-state index contributed by atoms with van der Waals surface area (Å²) in [5.41, 5.74) is 0. The molecule has 0 fully saturated rings. The first-order valence-corrected chi connectivity index (χ1v) is 6.14. The zero-order valence-corrected chi connectivity index (χ0v) is 10.3. The Balaban J connectivity index is 3.07. The van der Waals surface area contributed by atoms with Crippen LogP contribution < -0.4 is 0 Å². The molecule has 3 heteroatoms. The van der Waals surface area contributed by atoms with Gasteiger partial charge in [0.25, 0.3) is 0 Å². The van der Waals surface area contributed by atoms with Crippen molar-refractivity contribution in [3.05, 3.63) is 12.2 Å².